The predicted molar refractivity (Wildman–Crippen MR) is 126 cm³/mol. The summed E-state index contributed by atoms with van der Waals surface area (Å²) < 4.78 is 11.1. The number of nitro benzene ring substituents is 1. The number of anilines is 1. The van der Waals surface area contributed by atoms with Crippen LogP contribution in [0.5, 0.6) is 11.5 Å². The van der Waals surface area contributed by atoms with Gasteiger partial charge in [-0.2, -0.15) is 5.10 Å². The monoisotopic (exact) mass is 468 g/mol. The van der Waals surface area contributed by atoms with Crippen molar-refractivity contribution in [3.05, 3.63) is 92.5 Å². The third-order valence-corrected chi connectivity index (χ3v) is 4.84. The first-order chi connectivity index (χ1) is 15.9. The van der Waals surface area contributed by atoms with Crippen molar-refractivity contribution in [3.63, 3.8) is 0 Å². The molecule has 0 heterocycles. The predicted octanol–water partition coefficient (Wildman–Crippen LogP) is 5.30. The molecule has 0 aromatic heterocycles. The number of hydrogen-bond donors (Lipinski definition) is 2. The number of amides is 2. The standard InChI is InChI=1S/C23H21ClN4O5/c1-15-5-3-4-6-20(15)26-23(29)27-25-13-17-11-19(24)22(21(12-17)32-2)33-14-16-7-9-18(10-8-16)28(30)31/h3-13H,14H2,1-2H3,(H2,26,27,29). The van der Waals surface area contributed by atoms with Crippen LogP contribution >= 0.6 is 11.6 Å². The van der Waals surface area contributed by atoms with Crippen LogP contribution in [-0.4, -0.2) is 24.3 Å². The lowest BCUT2D eigenvalue weighted by Gasteiger charge is -2.13. The number of nitrogens with one attached hydrogen (secondary N) is 2. The van der Waals surface area contributed by atoms with Crippen molar-refractivity contribution in [2.24, 2.45) is 5.10 Å². The minimum atomic E-state index is -0.485. The maximum atomic E-state index is 12.0. The van der Waals surface area contributed by atoms with Crippen LogP contribution in [0.3, 0.4) is 0 Å². The van der Waals surface area contributed by atoms with Crippen molar-refractivity contribution in [1.29, 1.82) is 0 Å². The molecule has 0 spiro atoms. The average Bonchev–Trinajstić information content (AvgIpc) is 2.80. The van der Waals surface area contributed by atoms with E-state index in [1.54, 1.807) is 30.3 Å². The number of non-ortho nitro benzene ring substituents is 1. The van der Waals surface area contributed by atoms with Gasteiger partial charge in [0.25, 0.3) is 5.69 Å². The van der Waals surface area contributed by atoms with Crippen molar-refractivity contribution in [2.75, 3.05) is 12.4 Å². The van der Waals surface area contributed by atoms with Gasteiger partial charge < -0.3 is 14.8 Å². The molecule has 0 radical (unpaired) electrons. The molecule has 33 heavy (non-hydrogen) atoms. The van der Waals surface area contributed by atoms with Gasteiger partial charge in [-0.15, -0.1) is 0 Å². The molecule has 9 nitrogen and oxygen atoms in total. The highest BCUT2D eigenvalue weighted by Gasteiger charge is 2.13. The van der Waals surface area contributed by atoms with Gasteiger partial charge in [0.15, 0.2) is 11.5 Å². The van der Waals surface area contributed by atoms with Gasteiger partial charge in [0.1, 0.15) is 6.61 Å². The number of carbonyl (C=O) groups excluding carboxylic acids is 1. The molecule has 10 heteroatoms. The fourth-order valence-electron chi connectivity index (χ4n) is 2.85. The molecule has 0 aliphatic carbocycles. The third-order valence-electron chi connectivity index (χ3n) is 4.56. The molecule has 0 saturated heterocycles. The number of para-hydroxylation sites is 1. The maximum Gasteiger partial charge on any atom is 0.339 e. The number of methoxy groups -OCH3 is 1. The fourth-order valence-corrected chi connectivity index (χ4v) is 3.13. The van der Waals surface area contributed by atoms with E-state index in [9.17, 15) is 14.9 Å². The van der Waals surface area contributed by atoms with E-state index in [1.165, 1.54) is 25.5 Å². The van der Waals surface area contributed by atoms with Gasteiger partial charge in [0.05, 0.1) is 23.3 Å². The third kappa shape index (κ3) is 6.44. The van der Waals surface area contributed by atoms with Gasteiger partial charge in [0.2, 0.25) is 0 Å². The lowest BCUT2D eigenvalue weighted by molar-refractivity contribution is -0.384. The van der Waals surface area contributed by atoms with Crippen molar-refractivity contribution >= 4 is 35.2 Å². The largest absolute Gasteiger partial charge is 0.493 e. The Morgan fingerprint density at radius 1 is 1.18 bits per heavy atom. The summed E-state index contributed by atoms with van der Waals surface area (Å²) in [6.07, 6.45) is 1.42. The highest BCUT2D eigenvalue weighted by molar-refractivity contribution is 6.32. The summed E-state index contributed by atoms with van der Waals surface area (Å²) in [6.45, 7) is 2.03. The van der Waals surface area contributed by atoms with Crippen molar-refractivity contribution < 1.29 is 19.2 Å². The Labute approximate surface area is 195 Å². The number of benzene rings is 3. The first-order valence-electron chi connectivity index (χ1n) is 9.76. The molecule has 170 valence electrons. The second-order valence-electron chi connectivity index (χ2n) is 6.89. The number of carbonyl (C=O) groups is 1. The zero-order chi connectivity index (χ0) is 23.8. The Kier molecular flexibility index (Phi) is 7.82. The van der Waals surface area contributed by atoms with Crippen LogP contribution in [-0.2, 0) is 6.61 Å². The molecule has 0 aliphatic heterocycles. The van der Waals surface area contributed by atoms with Crippen LogP contribution in [0.25, 0.3) is 0 Å². The van der Waals surface area contributed by atoms with Gasteiger partial charge in [0, 0.05) is 17.8 Å². The van der Waals surface area contributed by atoms with Crippen molar-refractivity contribution in [1.82, 2.24) is 5.43 Å². The molecule has 0 saturated carbocycles. The van der Waals surface area contributed by atoms with E-state index in [0.717, 1.165) is 11.1 Å². The number of urea groups is 1. The van der Waals surface area contributed by atoms with Crippen LogP contribution in [0, 0.1) is 17.0 Å². The number of nitrogens with zero attached hydrogens (tertiary/aromatic N) is 2. The highest BCUT2D eigenvalue weighted by atomic mass is 35.5. The van der Waals surface area contributed by atoms with Gasteiger partial charge in [-0.25, -0.2) is 10.2 Å². The Hall–Kier alpha value is -4.11. The number of hydrazone groups is 1. The van der Waals surface area contributed by atoms with Crippen LogP contribution < -0.4 is 20.2 Å². The maximum absolute atomic E-state index is 12.0. The van der Waals surface area contributed by atoms with E-state index in [0.29, 0.717) is 22.7 Å². The van der Waals surface area contributed by atoms with Gasteiger partial charge in [-0.3, -0.25) is 10.1 Å². The van der Waals surface area contributed by atoms with E-state index >= 15 is 0 Å². The molecule has 0 atom stereocenters. The van der Waals surface area contributed by atoms with E-state index in [2.05, 4.69) is 15.8 Å². The summed E-state index contributed by atoms with van der Waals surface area (Å²) in [5, 5.41) is 17.7. The minimum Gasteiger partial charge on any atom is -0.493 e. The molecule has 3 aromatic rings. The van der Waals surface area contributed by atoms with Crippen LogP contribution in [0.4, 0.5) is 16.2 Å². The van der Waals surface area contributed by atoms with Crippen molar-refractivity contribution in [2.45, 2.75) is 13.5 Å². The zero-order valence-corrected chi connectivity index (χ0v) is 18.6. The number of nitro groups is 1. The van der Waals surface area contributed by atoms with E-state index in [1.807, 2.05) is 25.1 Å². The Morgan fingerprint density at radius 3 is 2.58 bits per heavy atom. The van der Waals surface area contributed by atoms with E-state index in [4.69, 9.17) is 21.1 Å². The zero-order valence-electron chi connectivity index (χ0n) is 17.9. The number of rotatable bonds is 8. The van der Waals surface area contributed by atoms with Crippen LogP contribution in [0.2, 0.25) is 5.02 Å². The smallest absolute Gasteiger partial charge is 0.339 e. The number of halogens is 1. The second-order valence-corrected chi connectivity index (χ2v) is 7.29. The topological polar surface area (TPSA) is 115 Å². The highest BCUT2D eigenvalue weighted by Crippen LogP contribution is 2.36. The lowest BCUT2D eigenvalue weighted by Crippen LogP contribution is -2.24. The second kappa shape index (κ2) is 11.0. The minimum absolute atomic E-state index is 0.000743. The van der Waals surface area contributed by atoms with E-state index in [-0.39, 0.29) is 17.3 Å². The average molecular weight is 469 g/mol. The molecule has 2 N–H and O–H groups in total. The summed E-state index contributed by atoms with van der Waals surface area (Å²) in [7, 11) is 1.47. The number of hydrogen-bond acceptors (Lipinski definition) is 6. The fraction of sp³-hybridized carbons (Fsp3) is 0.130. The summed E-state index contributed by atoms with van der Waals surface area (Å²) in [4.78, 5) is 22.3. The summed E-state index contributed by atoms with van der Waals surface area (Å²) in [5.74, 6) is 0.690. The molecule has 3 aromatic carbocycles. The summed E-state index contributed by atoms with van der Waals surface area (Å²) in [5.41, 5.74) is 5.32. The van der Waals surface area contributed by atoms with Gasteiger partial charge in [-0.1, -0.05) is 29.8 Å². The molecular weight excluding hydrogens is 448 g/mol. The van der Waals surface area contributed by atoms with Crippen LogP contribution in [0.1, 0.15) is 16.7 Å². The molecular formula is C23H21ClN4O5. The molecule has 0 aliphatic rings. The molecule has 2 amide bonds. The van der Waals surface area contributed by atoms with Crippen LogP contribution in [0.15, 0.2) is 65.8 Å². The number of ether oxygens (including phenoxy) is 2. The molecule has 0 unspecified atom stereocenters. The Morgan fingerprint density at radius 2 is 1.91 bits per heavy atom. The van der Waals surface area contributed by atoms with Gasteiger partial charge in [-0.05, 0) is 53.9 Å². The molecule has 0 fully saturated rings. The first kappa shape index (κ1) is 23.6. The number of aryl methyl sites for hydroxylation is 1. The summed E-state index contributed by atoms with van der Waals surface area (Å²) >= 11 is 6.36. The Balaban J connectivity index is 1.63. The molecule has 0 bridgehead atoms. The van der Waals surface area contributed by atoms with E-state index < -0.39 is 11.0 Å². The normalized spacial score (nSPS) is 10.6. The first-order valence-corrected chi connectivity index (χ1v) is 10.1. The van der Waals surface area contributed by atoms with Gasteiger partial charge >= 0.3 is 6.03 Å². The SMILES string of the molecule is COc1cc(C=NNC(=O)Nc2ccccc2C)cc(Cl)c1OCc1ccc([N+](=O)[O-])cc1. The quantitative estimate of drug-likeness (QED) is 0.264. The lowest BCUT2D eigenvalue weighted by atomic mass is 10.2. The summed E-state index contributed by atoms with van der Waals surface area (Å²) in [6, 6.07) is 16.2. The molecule has 3 rings (SSSR count). The van der Waals surface area contributed by atoms with Crippen molar-refractivity contribution in [3.8, 4) is 11.5 Å². The Bertz CT molecular complexity index is 1180.